The third kappa shape index (κ3) is 4.44. The minimum absolute atomic E-state index is 0.128. The van der Waals surface area contributed by atoms with E-state index in [1.807, 2.05) is 27.8 Å². The lowest BCUT2D eigenvalue weighted by atomic mass is 10.1. The van der Waals surface area contributed by atoms with Gasteiger partial charge < -0.3 is 9.64 Å². The number of hydrogen-bond acceptors (Lipinski definition) is 7. The summed E-state index contributed by atoms with van der Waals surface area (Å²) in [5, 5.41) is 4.82. The number of sulfonamides is 1. The van der Waals surface area contributed by atoms with Gasteiger partial charge in [-0.2, -0.15) is 9.40 Å². The minimum atomic E-state index is -3.67. The Morgan fingerprint density at radius 2 is 1.82 bits per heavy atom. The van der Waals surface area contributed by atoms with Crippen LogP contribution in [-0.2, 0) is 17.1 Å². The average molecular weight is 493 g/mol. The van der Waals surface area contributed by atoms with Crippen LogP contribution in [0.5, 0.6) is 5.75 Å². The van der Waals surface area contributed by atoms with Gasteiger partial charge in [0.1, 0.15) is 16.8 Å². The SMILES string of the molecule is CCOc1ccc(S(=O)(=O)N2CCN(C)CC2)cc1-c1nc(Cl)c2c(n1)c(C(C)C)nn2C. The molecular weight excluding hydrogens is 464 g/mol. The van der Waals surface area contributed by atoms with Crippen LogP contribution in [0.3, 0.4) is 0 Å². The molecule has 0 atom stereocenters. The van der Waals surface area contributed by atoms with Gasteiger partial charge in [0.2, 0.25) is 10.0 Å². The summed E-state index contributed by atoms with van der Waals surface area (Å²) in [6.45, 7) is 8.63. The second kappa shape index (κ2) is 9.17. The second-order valence-corrected chi connectivity index (χ2v) is 10.8. The fourth-order valence-electron chi connectivity index (χ4n) is 3.96. The van der Waals surface area contributed by atoms with Crippen molar-refractivity contribution in [2.45, 2.75) is 31.6 Å². The van der Waals surface area contributed by atoms with Crippen LogP contribution in [0.25, 0.3) is 22.4 Å². The summed E-state index contributed by atoms with van der Waals surface area (Å²) >= 11 is 6.55. The molecule has 11 heteroatoms. The van der Waals surface area contributed by atoms with Crippen molar-refractivity contribution >= 4 is 32.7 Å². The monoisotopic (exact) mass is 492 g/mol. The van der Waals surface area contributed by atoms with Gasteiger partial charge >= 0.3 is 0 Å². The molecule has 2 aromatic heterocycles. The number of aryl methyl sites for hydroxylation is 1. The fourth-order valence-corrected chi connectivity index (χ4v) is 5.71. The molecule has 3 heterocycles. The minimum Gasteiger partial charge on any atom is -0.493 e. The first kappa shape index (κ1) is 23.9. The standard InChI is InChI=1S/C22H29ClN6O3S/c1-6-32-17-8-7-15(33(30,31)29-11-9-27(4)10-12-29)13-16(17)22-24-19-18(14(2)3)26-28(5)20(19)21(23)25-22/h7-8,13-14H,6,9-12H2,1-5H3. The van der Waals surface area contributed by atoms with E-state index in [4.69, 9.17) is 21.3 Å². The number of rotatable bonds is 6. The Labute approximate surface area is 199 Å². The number of ether oxygens (including phenoxy) is 1. The molecule has 0 bridgehead atoms. The van der Waals surface area contributed by atoms with E-state index in [2.05, 4.69) is 15.0 Å². The van der Waals surface area contributed by atoms with Crippen molar-refractivity contribution in [1.29, 1.82) is 0 Å². The summed E-state index contributed by atoms with van der Waals surface area (Å²) in [7, 11) is 0.118. The first-order chi connectivity index (χ1) is 15.6. The number of fused-ring (bicyclic) bond motifs is 1. The van der Waals surface area contributed by atoms with Gasteiger partial charge in [-0.25, -0.2) is 18.4 Å². The summed E-state index contributed by atoms with van der Waals surface area (Å²) in [6.07, 6.45) is 0. The summed E-state index contributed by atoms with van der Waals surface area (Å²) in [6, 6.07) is 4.82. The predicted molar refractivity (Wildman–Crippen MR) is 128 cm³/mol. The topological polar surface area (TPSA) is 93.5 Å². The van der Waals surface area contributed by atoms with Gasteiger partial charge in [0.05, 0.1) is 22.8 Å². The number of hydrogen-bond donors (Lipinski definition) is 0. The van der Waals surface area contributed by atoms with Crippen LogP contribution in [0, 0.1) is 0 Å². The molecule has 3 aromatic rings. The molecule has 1 aliphatic rings. The van der Waals surface area contributed by atoms with Crippen LogP contribution >= 0.6 is 11.6 Å². The number of piperazine rings is 1. The Morgan fingerprint density at radius 3 is 2.45 bits per heavy atom. The molecule has 0 saturated carbocycles. The molecule has 0 N–H and O–H groups in total. The van der Waals surface area contributed by atoms with Crippen molar-refractivity contribution in [2.75, 3.05) is 39.8 Å². The van der Waals surface area contributed by atoms with Crippen molar-refractivity contribution in [3.8, 4) is 17.1 Å². The van der Waals surface area contributed by atoms with E-state index in [0.29, 0.717) is 61.0 Å². The van der Waals surface area contributed by atoms with Crippen LogP contribution in [0.2, 0.25) is 5.15 Å². The molecule has 0 amide bonds. The van der Waals surface area contributed by atoms with Crippen molar-refractivity contribution < 1.29 is 13.2 Å². The molecule has 1 fully saturated rings. The molecule has 0 aliphatic carbocycles. The number of halogens is 1. The van der Waals surface area contributed by atoms with Crippen LogP contribution in [-0.4, -0.2) is 77.2 Å². The average Bonchev–Trinajstić information content (AvgIpc) is 3.11. The molecule has 178 valence electrons. The van der Waals surface area contributed by atoms with Gasteiger partial charge in [0, 0.05) is 33.2 Å². The highest BCUT2D eigenvalue weighted by Crippen LogP contribution is 2.35. The molecule has 0 unspecified atom stereocenters. The lowest BCUT2D eigenvalue weighted by Crippen LogP contribution is -2.47. The van der Waals surface area contributed by atoms with Gasteiger partial charge in [0.25, 0.3) is 0 Å². The van der Waals surface area contributed by atoms with E-state index < -0.39 is 10.0 Å². The van der Waals surface area contributed by atoms with E-state index in [9.17, 15) is 8.42 Å². The molecular formula is C22H29ClN6O3S. The molecule has 0 radical (unpaired) electrons. The molecule has 0 spiro atoms. The summed E-state index contributed by atoms with van der Waals surface area (Å²) < 4.78 is 35.7. The predicted octanol–water partition coefficient (Wildman–Crippen LogP) is 3.14. The zero-order valence-corrected chi connectivity index (χ0v) is 21.1. The maximum absolute atomic E-state index is 13.4. The Kier molecular flexibility index (Phi) is 6.63. The zero-order valence-electron chi connectivity index (χ0n) is 19.5. The highest BCUT2D eigenvalue weighted by Gasteiger charge is 2.29. The normalized spacial score (nSPS) is 16.1. The van der Waals surface area contributed by atoms with E-state index in [0.717, 1.165) is 5.69 Å². The van der Waals surface area contributed by atoms with Crippen molar-refractivity contribution in [2.24, 2.45) is 7.05 Å². The number of aromatic nitrogens is 4. The van der Waals surface area contributed by atoms with Crippen molar-refractivity contribution in [3.05, 3.63) is 29.0 Å². The van der Waals surface area contributed by atoms with E-state index in [-0.39, 0.29) is 16.0 Å². The number of nitrogens with zero attached hydrogens (tertiary/aromatic N) is 6. The molecule has 33 heavy (non-hydrogen) atoms. The zero-order chi connectivity index (χ0) is 23.9. The first-order valence-corrected chi connectivity index (χ1v) is 12.8. The molecule has 1 aliphatic heterocycles. The summed E-state index contributed by atoms with van der Waals surface area (Å²) in [5.74, 6) is 0.935. The Bertz CT molecular complexity index is 1280. The molecule has 1 aromatic carbocycles. The first-order valence-electron chi connectivity index (χ1n) is 11.0. The maximum atomic E-state index is 13.4. The van der Waals surface area contributed by atoms with Gasteiger partial charge in [-0.1, -0.05) is 25.4 Å². The maximum Gasteiger partial charge on any atom is 0.243 e. The van der Waals surface area contributed by atoms with Crippen LogP contribution in [0.1, 0.15) is 32.4 Å². The number of likely N-dealkylation sites (N-methyl/N-ethyl adjacent to an activating group) is 1. The second-order valence-electron chi connectivity index (χ2n) is 8.50. The Morgan fingerprint density at radius 1 is 1.12 bits per heavy atom. The lowest BCUT2D eigenvalue weighted by molar-refractivity contribution is 0.222. The van der Waals surface area contributed by atoms with Crippen molar-refractivity contribution in [1.82, 2.24) is 29.0 Å². The highest BCUT2D eigenvalue weighted by atomic mass is 35.5. The third-order valence-electron chi connectivity index (χ3n) is 5.80. The largest absolute Gasteiger partial charge is 0.493 e. The molecule has 1 saturated heterocycles. The fraction of sp³-hybridized carbons (Fsp3) is 0.500. The Balaban J connectivity index is 1.86. The highest BCUT2D eigenvalue weighted by molar-refractivity contribution is 7.89. The van der Waals surface area contributed by atoms with E-state index in [1.54, 1.807) is 29.9 Å². The van der Waals surface area contributed by atoms with Crippen LogP contribution < -0.4 is 4.74 Å². The van der Waals surface area contributed by atoms with Crippen molar-refractivity contribution in [3.63, 3.8) is 0 Å². The summed E-state index contributed by atoms with van der Waals surface area (Å²) in [4.78, 5) is 11.5. The summed E-state index contributed by atoms with van der Waals surface area (Å²) in [5.41, 5.74) is 2.58. The number of benzene rings is 1. The van der Waals surface area contributed by atoms with E-state index in [1.165, 1.54) is 4.31 Å². The Hall–Kier alpha value is -2.27. The van der Waals surface area contributed by atoms with Gasteiger partial charge in [-0.05, 0) is 38.1 Å². The molecule has 4 rings (SSSR count). The third-order valence-corrected chi connectivity index (χ3v) is 7.96. The van der Waals surface area contributed by atoms with Gasteiger partial charge in [-0.15, -0.1) is 0 Å². The quantitative estimate of drug-likeness (QED) is 0.488. The van der Waals surface area contributed by atoms with Crippen LogP contribution in [0.15, 0.2) is 23.1 Å². The lowest BCUT2D eigenvalue weighted by Gasteiger charge is -2.31. The van der Waals surface area contributed by atoms with Gasteiger partial charge in [-0.3, -0.25) is 4.68 Å². The van der Waals surface area contributed by atoms with E-state index >= 15 is 0 Å². The van der Waals surface area contributed by atoms with Gasteiger partial charge in [0.15, 0.2) is 11.0 Å². The molecule has 9 nitrogen and oxygen atoms in total. The van der Waals surface area contributed by atoms with Crippen LogP contribution in [0.4, 0.5) is 0 Å². The smallest absolute Gasteiger partial charge is 0.243 e.